The van der Waals surface area contributed by atoms with Crippen LogP contribution in [-0.2, 0) is 10.0 Å². The van der Waals surface area contributed by atoms with Crippen molar-refractivity contribution in [2.45, 2.75) is 18.7 Å². The summed E-state index contributed by atoms with van der Waals surface area (Å²) in [6.45, 7) is 3.43. The van der Waals surface area contributed by atoms with E-state index in [2.05, 4.69) is 30.0 Å². The molecule has 0 saturated carbocycles. The van der Waals surface area contributed by atoms with Crippen LogP contribution < -0.4 is 10.0 Å². The molecule has 3 rings (SSSR count). The fourth-order valence-electron chi connectivity index (χ4n) is 2.29. The molecule has 0 saturated heterocycles. The van der Waals surface area contributed by atoms with Gasteiger partial charge in [0, 0.05) is 29.8 Å². The monoisotopic (exact) mass is 384 g/mol. The number of nitrogens with one attached hydrogen (secondary N) is 2. The van der Waals surface area contributed by atoms with Gasteiger partial charge in [0.25, 0.3) is 15.9 Å². The Kier molecular flexibility index (Phi) is 5.08. The van der Waals surface area contributed by atoms with Crippen molar-refractivity contribution in [1.29, 1.82) is 0 Å². The Labute approximate surface area is 156 Å². The number of anilines is 2. The minimum atomic E-state index is -3.82. The first-order chi connectivity index (χ1) is 12.8. The molecular weight excluding hydrogens is 368 g/mol. The lowest BCUT2D eigenvalue weighted by atomic mass is 10.3. The van der Waals surface area contributed by atoms with Crippen LogP contribution in [0.25, 0.3) is 0 Å². The van der Waals surface area contributed by atoms with E-state index in [1.165, 1.54) is 42.9 Å². The number of hydrogen-bond donors (Lipinski definition) is 2. The number of hydrogen-bond acceptors (Lipinski definition) is 7. The number of aryl methyl sites for hydroxylation is 2. The van der Waals surface area contributed by atoms with Gasteiger partial charge in [0.1, 0.15) is 17.3 Å². The summed E-state index contributed by atoms with van der Waals surface area (Å²) >= 11 is 0. The average molecular weight is 384 g/mol. The van der Waals surface area contributed by atoms with E-state index in [4.69, 9.17) is 0 Å². The molecule has 0 unspecified atom stereocenters. The molecule has 2 heterocycles. The van der Waals surface area contributed by atoms with E-state index < -0.39 is 15.9 Å². The van der Waals surface area contributed by atoms with Gasteiger partial charge in [-0.2, -0.15) is 0 Å². The Balaban J connectivity index is 1.75. The summed E-state index contributed by atoms with van der Waals surface area (Å²) in [6, 6.07) is 7.28. The van der Waals surface area contributed by atoms with E-state index in [1.807, 2.05) is 0 Å². The molecule has 27 heavy (non-hydrogen) atoms. The van der Waals surface area contributed by atoms with Crippen LogP contribution in [0.3, 0.4) is 0 Å². The summed E-state index contributed by atoms with van der Waals surface area (Å²) < 4.78 is 27.4. The first-order valence-corrected chi connectivity index (χ1v) is 9.34. The number of carbonyl (C=O) groups is 1. The smallest absolute Gasteiger partial charge is 0.275 e. The Morgan fingerprint density at radius 2 is 1.78 bits per heavy atom. The minimum Gasteiger partial charge on any atom is -0.321 e. The van der Waals surface area contributed by atoms with Crippen molar-refractivity contribution >= 4 is 27.4 Å². The Morgan fingerprint density at radius 3 is 2.41 bits per heavy atom. The number of carbonyl (C=O) groups excluding carboxylic acids is 1. The van der Waals surface area contributed by atoms with Gasteiger partial charge in [-0.05, 0) is 38.1 Å². The van der Waals surface area contributed by atoms with Gasteiger partial charge in [-0.3, -0.25) is 14.5 Å². The quantitative estimate of drug-likeness (QED) is 0.688. The topological polar surface area (TPSA) is 127 Å². The maximum atomic E-state index is 12.5. The second-order valence-electron chi connectivity index (χ2n) is 5.62. The van der Waals surface area contributed by atoms with E-state index >= 15 is 0 Å². The van der Waals surface area contributed by atoms with Crippen LogP contribution >= 0.6 is 0 Å². The summed E-state index contributed by atoms with van der Waals surface area (Å²) in [5, 5.41) is 2.62. The van der Waals surface area contributed by atoms with Crippen LogP contribution in [0.4, 0.5) is 11.5 Å². The summed E-state index contributed by atoms with van der Waals surface area (Å²) in [6.07, 6.45) is 4.21. The number of aromatic nitrogens is 4. The van der Waals surface area contributed by atoms with Crippen molar-refractivity contribution in [3.05, 3.63) is 66.1 Å². The third-order valence-electron chi connectivity index (χ3n) is 3.42. The highest BCUT2D eigenvalue weighted by molar-refractivity contribution is 7.92. The zero-order chi connectivity index (χ0) is 19.4. The maximum Gasteiger partial charge on any atom is 0.275 e. The number of sulfonamides is 1. The molecular formula is C17H16N6O3S. The number of amides is 1. The first-order valence-electron chi connectivity index (χ1n) is 7.86. The van der Waals surface area contributed by atoms with Gasteiger partial charge in [0.15, 0.2) is 0 Å². The summed E-state index contributed by atoms with van der Waals surface area (Å²) in [4.78, 5) is 28.0. The molecule has 9 nitrogen and oxygen atoms in total. The minimum absolute atomic E-state index is 0.0360. The summed E-state index contributed by atoms with van der Waals surface area (Å²) in [5.74, 6) is 0.221. The predicted octanol–water partition coefficient (Wildman–Crippen LogP) is 1.94. The van der Waals surface area contributed by atoms with Gasteiger partial charge < -0.3 is 5.32 Å². The third kappa shape index (κ3) is 4.61. The molecule has 138 valence electrons. The lowest BCUT2D eigenvalue weighted by molar-refractivity contribution is 0.102. The Bertz CT molecular complexity index is 1050. The van der Waals surface area contributed by atoms with E-state index in [0.717, 1.165) is 0 Å². The van der Waals surface area contributed by atoms with E-state index in [1.54, 1.807) is 19.9 Å². The van der Waals surface area contributed by atoms with Crippen molar-refractivity contribution in [2.75, 3.05) is 10.0 Å². The molecule has 0 atom stereocenters. The SMILES string of the molecule is Cc1cc(NS(=O)(=O)c2ccc(NC(=O)c3cnccn3)cc2)nc(C)n1. The van der Waals surface area contributed by atoms with Crippen LogP contribution in [0.2, 0.25) is 0 Å². The third-order valence-corrected chi connectivity index (χ3v) is 4.79. The fraction of sp³-hybridized carbons (Fsp3) is 0.118. The van der Waals surface area contributed by atoms with Gasteiger partial charge >= 0.3 is 0 Å². The molecule has 0 aliphatic rings. The van der Waals surface area contributed by atoms with E-state index in [0.29, 0.717) is 17.2 Å². The molecule has 2 aromatic heterocycles. The molecule has 3 aromatic rings. The molecule has 1 amide bonds. The molecule has 1 aromatic carbocycles. The van der Waals surface area contributed by atoms with Crippen molar-refractivity contribution < 1.29 is 13.2 Å². The number of rotatable bonds is 5. The normalized spacial score (nSPS) is 11.0. The lowest BCUT2D eigenvalue weighted by Crippen LogP contribution is -2.16. The Hall–Kier alpha value is -3.40. The molecule has 0 bridgehead atoms. The second-order valence-corrected chi connectivity index (χ2v) is 7.30. The lowest BCUT2D eigenvalue weighted by Gasteiger charge is -2.09. The largest absolute Gasteiger partial charge is 0.321 e. The zero-order valence-corrected chi connectivity index (χ0v) is 15.4. The molecule has 0 radical (unpaired) electrons. The maximum absolute atomic E-state index is 12.5. The highest BCUT2D eigenvalue weighted by Gasteiger charge is 2.16. The van der Waals surface area contributed by atoms with Crippen LogP contribution in [-0.4, -0.2) is 34.3 Å². The van der Waals surface area contributed by atoms with Crippen LogP contribution in [0.1, 0.15) is 22.0 Å². The molecule has 2 N–H and O–H groups in total. The van der Waals surface area contributed by atoms with Crippen molar-refractivity contribution in [3.8, 4) is 0 Å². The first kappa shape index (κ1) is 18.4. The van der Waals surface area contributed by atoms with Crippen LogP contribution in [0.15, 0.2) is 53.8 Å². The standard InChI is InChI=1S/C17H16N6O3S/c1-11-9-16(21-12(2)20-11)23-27(25,26)14-5-3-13(4-6-14)22-17(24)15-10-18-7-8-19-15/h3-10H,1-2H3,(H,22,24)(H,20,21,23). The highest BCUT2D eigenvalue weighted by atomic mass is 32.2. The second kappa shape index (κ2) is 7.46. The van der Waals surface area contributed by atoms with Gasteiger partial charge in [0.05, 0.1) is 11.1 Å². The molecule has 0 fully saturated rings. The van der Waals surface area contributed by atoms with E-state index in [-0.39, 0.29) is 16.4 Å². The Morgan fingerprint density at radius 1 is 1.04 bits per heavy atom. The molecule has 10 heteroatoms. The molecule has 0 spiro atoms. The number of nitrogens with zero attached hydrogens (tertiary/aromatic N) is 4. The fourth-order valence-corrected chi connectivity index (χ4v) is 3.29. The van der Waals surface area contributed by atoms with Crippen molar-refractivity contribution in [2.24, 2.45) is 0 Å². The van der Waals surface area contributed by atoms with Crippen LogP contribution in [0.5, 0.6) is 0 Å². The molecule has 0 aliphatic carbocycles. The highest BCUT2D eigenvalue weighted by Crippen LogP contribution is 2.18. The predicted molar refractivity (Wildman–Crippen MR) is 98.7 cm³/mol. The van der Waals surface area contributed by atoms with E-state index in [9.17, 15) is 13.2 Å². The zero-order valence-electron chi connectivity index (χ0n) is 14.5. The molecule has 0 aliphatic heterocycles. The summed E-state index contributed by atoms with van der Waals surface area (Å²) in [7, 11) is -3.82. The van der Waals surface area contributed by atoms with Crippen molar-refractivity contribution in [3.63, 3.8) is 0 Å². The van der Waals surface area contributed by atoms with Gasteiger partial charge in [0.2, 0.25) is 0 Å². The van der Waals surface area contributed by atoms with Gasteiger partial charge in [-0.1, -0.05) is 0 Å². The van der Waals surface area contributed by atoms with Crippen molar-refractivity contribution in [1.82, 2.24) is 19.9 Å². The average Bonchev–Trinajstić information content (AvgIpc) is 2.61. The number of benzene rings is 1. The van der Waals surface area contributed by atoms with Gasteiger partial charge in [-0.15, -0.1) is 0 Å². The summed E-state index contributed by atoms with van der Waals surface area (Å²) in [5.41, 5.74) is 1.24. The van der Waals surface area contributed by atoms with Crippen LogP contribution in [0, 0.1) is 13.8 Å². The van der Waals surface area contributed by atoms with Gasteiger partial charge in [-0.25, -0.2) is 23.4 Å².